The monoisotopic (exact) mass is 384 g/mol. The van der Waals surface area contributed by atoms with Gasteiger partial charge in [0.05, 0.1) is 11.5 Å². The minimum atomic E-state index is -1.57. The van der Waals surface area contributed by atoms with Crippen molar-refractivity contribution in [3.63, 3.8) is 0 Å². The van der Waals surface area contributed by atoms with Crippen molar-refractivity contribution in [3.05, 3.63) is 48.0 Å². The van der Waals surface area contributed by atoms with E-state index < -0.39 is 10.9 Å². The molecule has 2 spiro atoms. The molecule has 4 atom stereocenters. The lowest BCUT2D eigenvalue weighted by atomic mass is 9.44. The van der Waals surface area contributed by atoms with Crippen LogP contribution in [0.5, 0.6) is 0 Å². The average molecular weight is 384 g/mol. The fraction of sp³-hybridized carbons (Fsp3) is 0.476. The van der Waals surface area contributed by atoms with Crippen molar-refractivity contribution in [1.82, 2.24) is 9.97 Å². The van der Waals surface area contributed by atoms with Gasteiger partial charge < -0.3 is 15.6 Å². The van der Waals surface area contributed by atoms with E-state index in [1.54, 1.807) is 12.4 Å². The summed E-state index contributed by atoms with van der Waals surface area (Å²) in [6.07, 6.45) is 7.62. The Kier molecular flexibility index (Phi) is 3.92. The molecule has 6 nitrogen and oxygen atoms in total. The molecule has 8 heteroatoms. The Hall–Kier alpha value is -2.34. The molecule has 5 rings (SSSR count). The molecule has 2 aromatic rings. The summed E-state index contributed by atoms with van der Waals surface area (Å²) in [5.74, 6) is 0.102. The molecule has 2 aliphatic carbocycles. The van der Waals surface area contributed by atoms with Gasteiger partial charge in [0.15, 0.2) is 0 Å². The Morgan fingerprint density at radius 3 is 2.62 bits per heavy atom. The van der Waals surface area contributed by atoms with Gasteiger partial charge in [-0.3, -0.25) is 0 Å². The summed E-state index contributed by atoms with van der Waals surface area (Å²) in [4.78, 5) is 13.0. The van der Waals surface area contributed by atoms with Gasteiger partial charge >= 0.3 is 0 Å². The topological polar surface area (TPSA) is 93.6 Å². The molecule has 4 radical (unpaired) electrons. The van der Waals surface area contributed by atoms with Crippen LogP contribution >= 0.6 is 0 Å². The molecule has 1 saturated carbocycles. The number of aliphatic imine (C=N–C) groups is 1. The Balaban J connectivity index is 1.73. The van der Waals surface area contributed by atoms with E-state index in [0.717, 1.165) is 41.5 Å². The van der Waals surface area contributed by atoms with Crippen LogP contribution in [0.4, 0.5) is 0 Å². The first-order chi connectivity index (χ1) is 13.8. The van der Waals surface area contributed by atoms with Crippen LogP contribution in [0, 0.1) is 11.3 Å². The number of benzene rings is 1. The minimum Gasteiger partial charge on any atom is -0.476 e. The fourth-order valence-electron chi connectivity index (χ4n) is 5.85. The third-order valence-electron chi connectivity index (χ3n) is 7.09. The van der Waals surface area contributed by atoms with Crippen LogP contribution in [0.15, 0.2) is 41.9 Å². The molecule has 0 amide bonds. The Morgan fingerprint density at radius 2 is 1.97 bits per heavy atom. The summed E-state index contributed by atoms with van der Waals surface area (Å²) in [5.41, 5.74) is 8.57. The zero-order valence-corrected chi connectivity index (χ0v) is 16.4. The zero-order valence-electron chi connectivity index (χ0n) is 16.4. The van der Waals surface area contributed by atoms with Crippen LogP contribution in [-0.2, 0) is 16.7 Å². The first kappa shape index (κ1) is 18.7. The summed E-state index contributed by atoms with van der Waals surface area (Å²) < 4.78 is 5.67. The molecular formula is C21H22B2N4O2. The molecule has 0 saturated heterocycles. The molecule has 1 aliphatic heterocycles. The largest absolute Gasteiger partial charge is 0.476 e. The quantitative estimate of drug-likeness (QED) is 0.726. The second-order valence-corrected chi connectivity index (χ2v) is 8.80. The molecule has 1 aromatic heterocycles. The first-order valence-corrected chi connectivity index (χ1v) is 9.97. The van der Waals surface area contributed by atoms with Crippen LogP contribution in [-0.4, -0.2) is 48.3 Å². The van der Waals surface area contributed by atoms with Gasteiger partial charge in [-0.25, -0.2) is 15.0 Å². The van der Waals surface area contributed by atoms with E-state index in [2.05, 4.69) is 35.1 Å². The van der Waals surface area contributed by atoms with Crippen molar-refractivity contribution in [2.75, 3.05) is 0 Å². The maximum atomic E-state index is 10.4. The van der Waals surface area contributed by atoms with Crippen LogP contribution in [0.3, 0.4) is 0 Å². The van der Waals surface area contributed by atoms with Crippen LogP contribution in [0.2, 0.25) is 0 Å². The van der Waals surface area contributed by atoms with Crippen molar-refractivity contribution in [1.29, 1.82) is 0 Å². The van der Waals surface area contributed by atoms with Crippen molar-refractivity contribution >= 4 is 21.7 Å². The van der Waals surface area contributed by atoms with E-state index in [1.807, 2.05) is 0 Å². The normalized spacial score (nSPS) is 34.8. The standard InChI is InChI=1S/C21H22B2N4O2/c1-12-7-19(5-4-17(12)28)8-14-3-2-13(15-9-25-11-26-10-15)6-16(14)20(19)21(22,23)29-18(24)27-20/h2-3,6,9-12,17,28H,4-5,7-8H2,1H3,(H2,24,27)/t12-,17-,19-,20?/m0/s1. The minimum absolute atomic E-state index is 0.00875. The Bertz CT molecular complexity index is 999. The highest BCUT2D eigenvalue weighted by atomic mass is 16.5. The summed E-state index contributed by atoms with van der Waals surface area (Å²) in [7, 11) is 13.1. The summed E-state index contributed by atoms with van der Waals surface area (Å²) in [6.45, 7) is 2.06. The number of amidine groups is 1. The lowest BCUT2D eigenvalue weighted by Crippen LogP contribution is -2.60. The molecule has 0 bridgehead atoms. The van der Waals surface area contributed by atoms with Gasteiger partial charge in [0, 0.05) is 23.4 Å². The zero-order chi connectivity index (χ0) is 20.4. The third-order valence-corrected chi connectivity index (χ3v) is 7.09. The number of aromatic nitrogens is 2. The lowest BCUT2D eigenvalue weighted by molar-refractivity contribution is -0.0406. The van der Waals surface area contributed by atoms with Gasteiger partial charge in [-0.05, 0) is 54.4 Å². The lowest BCUT2D eigenvalue weighted by Gasteiger charge is -2.53. The van der Waals surface area contributed by atoms with Crippen molar-refractivity contribution in [3.8, 4) is 11.1 Å². The molecule has 2 heterocycles. The van der Waals surface area contributed by atoms with E-state index in [1.165, 1.54) is 6.33 Å². The molecule has 3 N–H and O–H groups in total. The highest BCUT2D eigenvalue weighted by Crippen LogP contribution is 2.65. The summed E-state index contributed by atoms with van der Waals surface area (Å²) in [6, 6.07) is 6.24. The summed E-state index contributed by atoms with van der Waals surface area (Å²) in [5, 5.41) is 8.80. The van der Waals surface area contributed by atoms with Gasteiger partial charge in [0.1, 0.15) is 27.6 Å². The number of nitrogens with zero attached hydrogens (tertiary/aromatic N) is 3. The van der Waals surface area contributed by atoms with Crippen molar-refractivity contribution in [2.45, 2.75) is 49.6 Å². The SMILES string of the molecule is [B]C1([B])OC(N)=NC12c1cc(-c3cncnc3)ccc1C[C@@]21CC[C@H](O)[C@@H](C)C1. The van der Waals surface area contributed by atoms with E-state index in [0.29, 0.717) is 6.42 Å². The fourth-order valence-corrected chi connectivity index (χ4v) is 5.85. The predicted molar refractivity (Wildman–Crippen MR) is 111 cm³/mol. The van der Waals surface area contributed by atoms with E-state index in [9.17, 15) is 5.11 Å². The molecule has 29 heavy (non-hydrogen) atoms. The van der Waals surface area contributed by atoms with Gasteiger partial charge in [-0.15, -0.1) is 0 Å². The second-order valence-electron chi connectivity index (χ2n) is 8.80. The highest BCUT2D eigenvalue weighted by molar-refractivity contribution is 6.41. The second kappa shape index (κ2) is 6.08. The van der Waals surface area contributed by atoms with Gasteiger partial charge in [0.25, 0.3) is 6.02 Å². The Labute approximate surface area is 172 Å². The maximum Gasteiger partial charge on any atom is 0.281 e. The first-order valence-electron chi connectivity index (χ1n) is 9.97. The smallest absolute Gasteiger partial charge is 0.281 e. The van der Waals surface area contributed by atoms with E-state index >= 15 is 0 Å². The number of rotatable bonds is 1. The molecular weight excluding hydrogens is 362 g/mol. The van der Waals surface area contributed by atoms with Crippen LogP contribution in [0.1, 0.15) is 37.3 Å². The van der Waals surface area contributed by atoms with E-state index in [4.69, 9.17) is 31.2 Å². The number of ether oxygens (including phenoxy) is 1. The molecule has 1 unspecified atom stereocenters. The van der Waals surface area contributed by atoms with Gasteiger partial charge in [-0.2, -0.15) is 0 Å². The number of aliphatic hydroxyl groups is 1. The maximum absolute atomic E-state index is 10.4. The number of fused-ring (bicyclic) bond motifs is 3. The molecule has 1 aromatic carbocycles. The number of hydrogen-bond donors (Lipinski definition) is 2. The van der Waals surface area contributed by atoms with Gasteiger partial charge in [0.2, 0.25) is 0 Å². The molecule has 3 aliphatic rings. The molecule has 1 fully saturated rings. The van der Waals surface area contributed by atoms with Gasteiger partial charge in [-0.1, -0.05) is 19.1 Å². The highest BCUT2D eigenvalue weighted by Gasteiger charge is 2.68. The number of hydrogen-bond acceptors (Lipinski definition) is 6. The number of aliphatic hydroxyl groups excluding tert-OH is 1. The predicted octanol–water partition coefficient (Wildman–Crippen LogP) is 1.40. The van der Waals surface area contributed by atoms with Crippen molar-refractivity contribution < 1.29 is 9.84 Å². The van der Waals surface area contributed by atoms with Crippen LogP contribution < -0.4 is 5.73 Å². The number of nitrogens with two attached hydrogens (primary N) is 1. The summed E-state index contributed by atoms with van der Waals surface area (Å²) >= 11 is 0. The Morgan fingerprint density at radius 1 is 1.21 bits per heavy atom. The van der Waals surface area contributed by atoms with Crippen LogP contribution in [0.25, 0.3) is 11.1 Å². The van der Waals surface area contributed by atoms with Crippen molar-refractivity contribution in [2.24, 2.45) is 22.1 Å². The average Bonchev–Trinajstić information content (AvgIpc) is 3.10. The molecule has 144 valence electrons. The van der Waals surface area contributed by atoms with E-state index in [-0.39, 0.29) is 23.5 Å². The third kappa shape index (κ3) is 2.44.